The van der Waals surface area contributed by atoms with Gasteiger partial charge in [0.25, 0.3) is 5.91 Å². The highest BCUT2D eigenvalue weighted by molar-refractivity contribution is 5.95. The minimum atomic E-state index is -0.0612. The standard InChI is InChI=1S/C26H32N6O/c1-3-31-13-15-32(16-14-31)12-11-27-26(33)22-5-4-6-23(17-22)30-25-18-24(28-19-29-25)21-9-7-20(2)8-10-21/h4-10,17-19H,3,11-16H2,1-2H3,(H,27,33)(H,28,29,30). The second-order valence-corrected chi connectivity index (χ2v) is 8.39. The predicted molar refractivity (Wildman–Crippen MR) is 133 cm³/mol. The normalized spacial score (nSPS) is 14.7. The molecule has 33 heavy (non-hydrogen) atoms. The molecule has 2 heterocycles. The lowest BCUT2D eigenvalue weighted by atomic mass is 10.1. The molecule has 4 rings (SSSR count). The number of aromatic nitrogens is 2. The predicted octanol–water partition coefficient (Wildman–Crippen LogP) is 3.56. The Hall–Kier alpha value is -3.29. The van der Waals surface area contributed by atoms with Crippen LogP contribution >= 0.6 is 0 Å². The van der Waals surface area contributed by atoms with E-state index < -0.39 is 0 Å². The van der Waals surface area contributed by atoms with E-state index in [-0.39, 0.29) is 5.91 Å². The average Bonchev–Trinajstić information content (AvgIpc) is 2.85. The van der Waals surface area contributed by atoms with E-state index in [9.17, 15) is 4.79 Å². The zero-order valence-electron chi connectivity index (χ0n) is 19.4. The number of rotatable bonds is 8. The Morgan fingerprint density at radius 3 is 2.48 bits per heavy atom. The molecule has 7 heteroatoms. The number of anilines is 2. The number of carbonyl (C=O) groups is 1. The van der Waals surface area contributed by atoms with Crippen molar-refractivity contribution in [1.29, 1.82) is 0 Å². The van der Waals surface area contributed by atoms with E-state index in [0.717, 1.165) is 56.2 Å². The summed E-state index contributed by atoms with van der Waals surface area (Å²) in [6.07, 6.45) is 1.55. The van der Waals surface area contributed by atoms with Gasteiger partial charge in [0, 0.05) is 62.1 Å². The van der Waals surface area contributed by atoms with Gasteiger partial charge in [0.2, 0.25) is 0 Å². The maximum atomic E-state index is 12.7. The smallest absolute Gasteiger partial charge is 0.251 e. The minimum absolute atomic E-state index is 0.0612. The number of benzene rings is 2. The van der Waals surface area contributed by atoms with Crippen molar-refractivity contribution < 1.29 is 4.79 Å². The first-order chi connectivity index (χ1) is 16.1. The maximum Gasteiger partial charge on any atom is 0.251 e. The lowest BCUT2D eigenvalue weighted by molar-refractivity contribution is 0.0938. The molecule has 0 spiro atoms. The van der Waals surface area contributed by atoms with Crippen LogP contribution in [0.25, 0.3) is 11.3 Å². The molecule has 7 nitrogen and oxygen atoms in total. The molecule has 1 amide bonds. The van der Waals surface area contributed by atoms with Crippen LogP contribution in [-0.2, 0) is 0 Å². The molecule has 0 unspecified atom stereocenters. The molecular weight excluding hydrogens is 412 g/mol. The number of likely N-dealkylation sites (N-methyl/N-ethyl adjacent to an activating group) is 1. The third kappa shape index (κ3) is 6.37. The summed E-state index contributed by atoms with van der Waals surface area (Å²) >= 11 is 0. The Kier molecular flexibility index (Phi) is 7.65. The molecule has 3 aromatic rings. The van der Waals surface area contributed by atoms with Gasteiger partial charge in [-0.05, 0) is 31.7 Å². The van der Waals surface area contributed by atoms with Crippen LogP contribution in [0.3, 0.4) is 0 Å². The van der Waals surface area contributed by atoms with Crippen molar-refractivity contribution in [2.45, 2.75) is 13.8 Å². The van der Waals surface area contributed by atoms with Crippen LogP contribution in [0, 0.1) is 6.92 Å². The van der Waals surface area contributed by atoms with Gasteiger partial charge in [0.1, 0.15) is 12.1 Å². The number of aryl methyl sites for hydroxylation is 1. The second kappa shape index (κ2) is 11.0. The van der Waals surface area contributed by atoms with Gasteiger partial charge in [-0.25, -0.2) is 9.97 Å². The molecule has 0 atom stereocenters. The van der Waals surface area contributed by atoms with Gasteiger partial charge in [0.05, 0.1) is 5.69 Å². The van der Waals surface area contributed by atoms with Crippen LogP contribution in [0.5, 0.6) is 0 Å². The topological polar surface area (TPSA) is 73.4 Å². The van der Waals surface area contributed by atoms with Gasteiger partial charge in [-0.15, -0.1) is 0 Å². The van der Waals surface area contributed by atoms with Gasteiger partial charge < -0.3 is 15.5 Å². The lowest BCUT2D eigenvalue weighted by Crippen LogP contribution is -2.48. The molecular formula is C26H32N6O. The molecule has 1 saturated heterocycles. The van der Waals surface area contributed by atoms with E-state index in [1.807, 2.05) is 30.3 Å². The van der Waals surface area contributed by atoms with E-state index in [4.69, 9.17) is 0 Å². The fourth-order valence-electron chi connectivity index (χ4n) is 3.95. The van der Waals surface area contributed by atoms with Crippen LogP contribution in [0.4, 0.5) is 11.5 Å². The monoisotopic (exact) mass is 444 g/mol. The first-order valence-electron chi connectivity index (χ1n) is 11.6. The number of nitrogens with one attached hydrogen (secondary N) is 2. The molecule has 1 aliphatic heterocycles. The molecule has 0 saturated carbocycles. The highest BCUT2D eigenvalue weighted by Crippen LogP contribution is 2.22. The maximum absolute atomic E-state index is 12.7. The fourth-order valence-corrected chi connectivity index (χ4v) is 3.95. The molecule has 0 radical (unpaired) electrons. The van der Waals surface area contributed by atoms with Crippen molar-refractivity contribution in [3.63, 3.8) is 0 Å². The summed E-state index contributed by atoms with van der Waals surface area (Å²) in [5.41, 5.74) is 4.53. The molecule has 0 bridgehead atoms. The van der Waals surface area contributed by atoms with E-state index in [1.54, 1.807) is 6.33 Å². The Bertz CT molecular complexity index is 1060. The Morgan fingerprint density at radius 2 is 1.73 bits per heavy atom. The van der Waals surface area contributed by atoms with Crippen molar-refractivity contribution in [2.75, 3.05) is 51.1 Å². The fraction of sp³-hybridized carbons (Fsp3) is 0.346. The number of nitrogens with zero attached hydrogens (tertiary/aromatic N) is 4. The van der Waals surface area contributed by atoms with Crippen molar-refractivity contribution in [3.05, 3.63) is 72.1 Å². The van der Waals surface area contributed by atoms with Gasteiger partial charge in [-0.3, -0.25) is 9.69 Å². The molecule has 2 aromatic carbocycles. The van der Waals surface area contributed by atoms with Crippen LogP contribution < -0.4 is 10.6 Å². The van der Waals surface area contributed by atoms with Gasteiger partial charge in [0.15, 0.2) is 0 Å². The SMILES string of the molecule is CCN1CCN(CCNC(=O)c2cccc(Nc3cc(-c4ccc(C)cc4)ncn3)c2)CC1. The summed E-state index contributed by atoms with van der Waals surface area (Å²) in [5.74, 6) is 0.623. The number of hydrogen-bond acceptors (Lipinski definition) is 6. The third-order valence-corrected chi connectivity index (χ3v) is 6.04. The summed E-state index contributed by atoms with van der Waals surface area (Å²) in [7, 11) is 0. The Balaban J connectivity index is 1.33. The van der Waals surface area contributed by atoms with E-state index in [2.05, 4.69) is 68.5 Å². The van der Waals surface area contributed by atoms with Crippen molar-refractivity contribution in [2.24, 2.45) is 0 Å². The zero-order valence-corrected chi connectivity index (χ0v) is 19.4. The Labute approximate surface area is 195 Å². The molecule has 2 N–H and O–H groups in total. The number of piperazine rings is 1. The summed E-state index contributed by atoms with van der Waals surface area (Å²) < 4.78 is 0. The number of amides is 1. The lowest BCUT2D eigenvalue weighted by Gasteiger charge is -2.33. The third-order valence-electron chi connectivity index (χ3n) is 6.04. The minimum Gasteiger partial charge on any atom is -0.351 e. The number of hydrogen-bond donors (Lipinski definition) is 2. The summed E-state index contributed by atoms with van der Waals surface area (Å²) in [4.78, 5) is 26.2. The summed E-state index contributed by atoms with van der Waals surface area (Å²) in [6.45, 7) is 11.2. The van der Waals surface area contributed by atoms with Gasteiger partial charge in [-0.2, -0.15) is 0 Å². The highest BCUT2D eigenvalue weighted by Gasteiger charge is 2.15. The largest absolute Gasteiger partial charge is 0.351 e. The number of carbonyl (C=O) groups excluding carboxylic acids is 1. The van der Waals surface area contributed by atoms with Crippen LogP contribution in [0.15, 0.2) is 60.9 Å². The van der Waals surface area contributed by atoms with E-state index in [1.165, 1.54) is 5.56 Å². The van der Waals surface area contributed by atoms with Crippen molar-refractivity contribution in [1.82, 2.24) is 25.1 Å². The van der Waals surface area contributed by atoms with Gasteiger partial charge >= 0.3 is 0 Å². The summed E-state index contributed by atoms with van der Waals surface area (Å²) in [6, 6.07) is 17.6. The molecule has 172 valence electrons. The van der Waals surface area contributed by atoms with Gasteiger partial charge in [-0.1, -0.05) is 42.8 Å². The molecule has 1 fully saturated rings. The zero-order chi connectivity index (χ0) is 23.0. The van der Waals surface area contributed by atoms with Crippen LogP contribution in [-0.4, -0.2) is 71.5 Å². The average molecular weight is 445 g/mol. The van der Waals surface area contributed by atoms with Crippen LogP contribution in [0.2, 0.25) is 0 Å². The highest BCUT2D eigenvalue weighted by atomic mass is 16.1. The molecule has 0 aliphatic carbocycles. The molecule has 1 aliphatic rings. The first-order valence-corrected chi connectivity index (χ1v) is 11.6. The quantitative estimate of drug-likeness (QED) is 0.554. The first kappa shape index (κ1) is 22.9. The molecule has 1 aromatic heterocycles. The van der Waals surface area contributed by atoms with Crippen LogP contribution in [0.1, 0.15) is 22.8 Å². The van der Waals surface area contributed by atoms with Crippen molar-refractivity contribution in [3.8, 4) is 11.3 Å². The van der Waals surface area contributed by atoms with E-state index in [0.29, 0.717) is 17.9 Å². The van der Waals surface area contributed by atoms with E-state index >= 15 is 0 Å². The van der Waals surface area contributed by atoms with Crippen molar-refractivity contribution >= 4 is 17.4 Å². The Morgan fingerprint density at radius 1 is 0.970 bits per heavy atom. The summed E-state index contributed by atoms with van der Waals surface area (Å²) in [5, 5.41) is 6.34. The second-order valence-electron chi connectivity index (χ2n) is 8.39.